The van der Waals surface area contributed by atoms with Gasteiger partial charge in [0.1, 0.15) is 19.3 Å². The fourth-order valence-corrected chi connectivity index (χ4v) is 12.7. The van der Waals surface area contributed by atoms with Gasteiger partial charge in [-0.1, -0.05) is 319 Å². The van der Waals surface area contributed by atoms with Gasteiger partial charge < -0.3 is 33.8 Å². The summed E-state index contributed by atoms with van der Waals surface area (Å²) in [6.45, 7) is 14.1. The van der Waals surface area contributed by atoms with Crippen LogP contribution in [0.2, 0.25) is 0 Å². The number of unbranched alkanes of at least 4 members (excludes halogenated alkanes) is 36. The predicted molar refractivity (Wildman–Crippen MR) is 377 cm³/mol. The summed E-state index contributed by atoms with van der Waals surface area (Å²) in [5.41, 5.74) is 0. The van der Waals surface area contributed by atoms with E-state index in [0.717, 1.165) is 115 Å². The van der Waals surface area contributed by atoms with E-state index >= 15 is 0 Å². The van der Waals surface area contributed by atoms with Crippen molar-refractivity contribution in [3.8, 4) is 0 Å². The standard InChI is InChI=1S/C74H144O17P2/c1-9-67(8)53-45-37-28-22-18-14-10-11-15-19-23-29-40-48-56-74(79)91-70(61-85-72(77)55-47-39-33-32-36-44-52-66(6)7)63-89-93(82,83)87-59-68(75)58-86-92(80,81)88-62-69(60-84-71(76)54-46-38-31-25-27-35-43-51-65(4)5)90-73(78)57-49-41-30-24-20-16-12-13-17-21-26-34-42-50-64(2)3/h64-70,75H,9-63H2,1-8H3,(H,80,81)(H,82,83)/t67?,68?,69-,70-/m1/s1. The van der Waals surface area contributed by atoms with E-state index in [0.29, 0.717) is 37.5 Å². The normalized spacial score (nSPS) is 14.5. The van der Waals surface area contributed by atoms with E-state index in [1.165, 1.54) is 161 Å². The van der Waals surface area contributed by atoms with Crippen LogP contribution in [0.4, 0.5) is 0 Å². The summed E-state index contributed by atoms with van der Waals surface area (Å²) in [6, 6.07) is 0. The molecule has 0 saturated carbocycles. The lowest BCUT2D eigenvalue weighted by Gasteiger charge is -2.21. The van der Waals surface area contributed by atoms with Crippen LogP contribution in [0.5, 0.6) is 0 Å². The van der Waals surface area contributed by atoms with Crippen molar-refractivity contribution in [2.45, 2.75) is 388 Å². The third kappa shape index (κ3) is 67.0. The largest absolute Gasteiger partial charge is 0.472 e. The molecule has 0 fully saturated rings. The third-order valence-electron chi connectivity index (χ3n) is 17.4. The highest BCUT2D eigenvalue weighted by molar-refractivity contribution is 7.47. The van der Waals surface area contributed by atoms with Crippen molar-refractivity contribution >= 4 is 39.5 Å². The van der Waals surface area contributed by atoms with E-state index in [2.05, 4.69) is 55.4 Å². The monoisotopic (exact) mass is 1370 g/mol. The topological polar surface area (TPSA) is 237 Å². The minimum Gasteiger partial charge on any atom is -0.462 e. The Morgan fingerprint density at radius 3 is 0.763 bits per heavy atom. The fourth-order valence-electron chi connectivity index (χ4n) is 11.2. The van der Waals surface area contributed by atoms with Crippen LogP contribution in [0.25, 0.3) is 0 Å². The van der Waals surface area contributed by atoms with E-state index in [1.54, 1.807) is 0 Å². The number of hydrogen-bond acceptors (Lipinski definition) is 15. The van der Waals surface area contributed by atoms with Crippen LogP contribution in [0.1, 0.15) is 370 Å². The van der Waals surface area contributed by atoms with Gasteiger partial charge in [-0.25, -0.2) is 9.13 Å². The molecule has 6 atom stereocenters. The summed E-state index contributed by atoms with van der Waals surface area (Å²) < 4.78 is 68.4. The van der Waals surface area contributed by atoms with Crippen molar-refractivity contribution in [2.24, 2.45) is 23.7 Å². The maximum Gasteiger partial charge on any atom is 0.472 e. The number of rotatable bonds is 71. The quantitative estimate of drug-likeness (QED) is 0.0222. The first-order chi connectivity index (χ1) is 44.6. The Balaban J connectivity index is 5.20. The zero-order chi connectivity index (χ0) is 68.9. The minimum absolute atomic E-state index is 0.106. The number of carbonyl (C=O) groups is 4. The highest BCUT2D eigenvalue weighted by Crippen LogP contribution is 2.45. The molecule has 0 aromatic heterocycles. The fraction of sp³-hybridized carbons (Fsp3) is 0.946. The molecule has 552 valence electrons. The van der Waals surface area contributed by atoms with Crippen molar-refractivity contribution in [2.75, 3.05) is 39.6 Å². The molecule has 0 radical (unpaired) electrons. The molecule has 0 aromatic rings. The van der Waals surface area contributed by atoms with Gasteiger partial charge in [0, 0.05) is 25.7 Å². The maximum atomic E-state index is 13.0. The van der Waals surface area contributed by atoms with Gasteiger partial charge in [0.25, 0.3) is 0 Å². The van der Waals surface area contributed by atoms with Gasteiger partial charge in [0.05, 0.1) is 26.4 Å². The van der Waals surface area contributed by atoms with Crippen LogP contribution in [0.3, 0.4) is 0 Å². The molecule has 0 aliphatic carbocycles. The molecule has 0 aliphatic rings. The van der Waals surface area contributed by atoms with E-state index in [1.807, 2.05) is 0 Å². The molecule has 0 heterocycles. The number of phosphoric acid groups is 2. The van der Waals surface area contributed by atoms with Crippen LogP contribution >= 0.6 is 15.6 Å². The zero-order valence-corrected chi connectivity index (χ0v) is 62.7. The number of aliphatic hydroxyl groups is 1. The molecule has 0 bridgehead atoms. The number of hydrogen-bond donors (Lipinski definition) is 3. The molecule has 17 nitrogen and oxygen atoms in total. The van der Waals surface area contributed by atoms with Crippen LogP contribution in [-0.4, -0.2) is 96.7 Å². The summed E-state index contributed by atoms with van der Waals surface area (Å²) in [4.78, 5) is 72.6. The van der Waals surface area contributed by atoms with E-state index in [4.69, 9.17) is 37.0 Å². The molecule has 0 rings (SSSR count). The van der Waals surface area contributed by atoms with Crippen molar-refractivity contribution in [3.05, 3.63) is 0 Å². The number of aliphatic hydroxyl groups excluding tert-OH is 1. The average molecular weight is 1370 g/mol. The summed E-state index contributed by atoms with van der Waals surface area (Å²) in [5.74, 6) is 0.890. The second-order valence-corrected chi connectivity index (χ2v) is 31.3. The number of esters is 4. The minimum atomic E-state index is -4.95. The van der Waals surface area contributed by atoms with Crippen LogP contribution < -0.4 is 0 Å². The van der Waals surface area contributed by atoms with Gasteiger partial charge in [0.15, 0.2) is 12.2 Å². The van der Waals surface area contributed by atoms with Crippen LogP contribution in [0, 0.1) is 23.7 Å². The third-order valence-corrected chi connectivity index (χ3v) is 19.3. The first-order valence-electron chi connectivity index (χ1n) is 38.2. The second-order valence-electron chi connectivity index (χ2n) is 28.4. The van der Waals surface area contributed by atoms with Crippen molar-refractivity contribution in [1.29, 1.82) is 0 Å². The Morgan fingerprint density at radius 1 is 0.301 bits per heavy atom. The lowest BCUT2D eigenvalue weighted by atomic mass is 9.99. The molecular weight excluding hydrogens is 1220 g/mol. The van der Waals surface area contributed by atoms with Gasteiger partial charge in [0.2, 0.25) is 0 Å². The van der Waals surface area contributed by atoms with E-state index < -0.39 is 97.5 Å². The van der Waals surface area contributed by atoms with Crippen molar-refractivity contribution in [1.82, 2.24) is 0 Å². The van der Waals surface area contributed by atoms with Gasteiger partial charge in [-0.05, 0) is 49.4 Å². The summed E-state index contributed by atoms with van der Waals surface area (Å²) in [5, 5.41) is 10.6. The molecule has 0 amide bonds. The Bertz CT molecular complexity index is 1840. The lowest BCUT2D eigenvalue weighted by Crippen LogP contribution is -2.30. The van der Waals surface area contributed by atoms with Crippen molar-refractivity contribution < 1.29 is 80.2 Å². The highest BCUT2D eigenvalue weighted by Gasteiger charge is 2.30. The van der Waals surface area contributed by atoms with Gasteiger partial charge >= 0.3 is 39.5 Å². The lowest BCUT2D eigenvalue weighted by molar-refractivity contribution is -0.161. The zero-order valence-electron chi connectivity index (χ0n) is 60.9. The van der Waals surface area contributed by atoms with Crippen LogP contribution in [-0.2, 0) is 65.4 Å². The summed E-state index contributed by atoms with van der Waals surface area (Å²) in [6.07, 6.45) is 47.4. The molecule has 19 heteroatoms. The number of ether oxygens (including phenoxy) is 4. The van der Waals surface area contributed by atoms with Crippen LogP contribution in [0.15, 0.2) is 0 Å². The Kier molecular flexibility index (Phi) is 62.2. The highest BCUT2D eigenvalue weighted by atomic mass is 31.2. The van der Waals surface area contributed by atoms with Crippen molar-refractivity contribution in [3.63, 3.8) is 0 Å². The summed E-state index contributed by atoms with van der Waals surface area (Å²) in [7, 11) is -9.91. The smallest absolute Gasteiger partial charge is 0.462 e. The molecule has 0 aliphatic heterocycles. The molecule has 0 aromatic carbocycles. The number of phosphoric ester groups is 2. The molecule has 3 N–H and O–H groups in total. The SMILES string of the molecule is CCC(C)CCCCCCCCCCCCCCCCC(=O)O[C@H](COC(=O)CCCCCCCCC(C)C)COP(=O)(O)OCC(O)COP(=O)(O)OC[C@@H](COC(=O)CCCCCCCCCC(C)C)OC(=O)CCCCCCCCCCCCCCCC(C)C. The van der Waals surface area contributed by atoms with E-state index in [-0.39, 0.29) is 25.7 Å². The summed E-state index contributed by atoms with van der Waals surface area (Å²) >= 11 is 0. The van der Waals surface area contributed by atoms with Gasteiger partial charge in [-0.3, -0.25) is 37.3 Å². The predicted octanol–water partition coefficient (Wildman–Crippen LogP) is 21.3. The second kappa shape index (κ2) is 63.5. The van der Waals surface area contributed by atoms with Gasteiger partial charge in [-0.15, -0.1) is 0 Å². The molecular formula is C74H144O17P2. The molecule has 0 saturated heterocycles. The Labute approximate surface area is 568 Å². The first kappa shape index (κ1) is 91.1. The maximum absolute atomic E-state index is 13.0. The Hall–Kier alpha value is -1.94. The first-order valence-corrected chi connectivity index (χ1v) is 41.2. The molecule has 93 heavy (non-hydrogen) atoms. The molecule has 0 spiro atoms. The van der Waals surface area contributed by atoms with Gasteiger partial charge in [-0.2, -0.15) is 0 Å². The van der Waals surface area contributed by atoms with E-state index in [9.17, 15) is 43.2 Å². The molecule has 4 unspecified atom stereocenters. The number of carbonyl (C=O) groups excluding carboxylic acids is 4. The Morgan fingerprint density at radius 2 is 0.516 bits per heavy atom. The average Bonchev–Trinajstić information content (AvgIpc) is 3.65.